The maximum atomic E-state index is 11.2. The van der Waals surface area contributed by atoms with Crippen LogP contribution in [-0.2, 0) is 10.2 Å². The Kier molecular flexibility index (Phi) is 1.16. The van der Waals surface area contributed by atoms with Gasteiger partial charge >= 0.3 is 0 Å². The van der Waals surface area contributed by atoms with Gasteiger partial charge in [-0.05, 0) is 19.8 Å². The fraction of sp³-hybridized carbons (Fsp3) is 0.500. The zero-order chi connectivity index (χ0) is 7.90. The van der Waals surface area contributed by atoms with E-state index in [0.29, 0.717) is 0 Å². The molecule has 1 saturated carbocycles. The standard InChI is InChI=1S/C8H10N2O/c1-6(11)8(2-3-8)7-4-9-10-5-7/h4-5H,2-3H2,1H3,(H,9,10). The van der Waals surface area contributed by atoms with Gasteiger partial charge in [0.1, 0.15) is 5.78 Å². The lowest BCUT2D eigenvalue weighted by atomic mass is 9.95. The summed E-state index contributed by atoms with van der Waals surface area (Å²) in [6.45, 7) is 1.65. The van der Waals surface area contributed by atoms with Crippen molar-refractivity contribution >= 4 is 5.78 Å². The molecule has 1 N–H and O–H groups in total. The van der Waals surface area contributed by atoms with Crippen LogP contribution >= 0.6 is 0 Å². The molecule has 1 heterocycles. The number of Topliss-reactive ketones (excluding diaryl/α,β-unsaturated/α-hetero) is 1. The zero-order valence-electron chi connectivity index (χ0n) is 6.42. The van der Waals surface area contributed by atoms with Crippen LogP contribution in [0.15, 0.2) is 12.4 Å². The number of ketones is 1. The molecule has 0 spiro atoms. The average molecular weight is 150 g/mol. The van der Waals surface area contributed by atoms with Crippen LogP contribution in [0, 0.1) is 0 Å². The summed E-state index contributed by atoms with van der Waals surface area (Å²) in [6.07, 6.45) is 5.53. The number of hydrogen-bond acceptors (Lipinski definition) is 2. The number of rotatable bonds is 2. The number of carbonyl (C=O) groups is 1. The molecule has 1 aliphatic rings. The number of hydrogen-bond donors (Lipinski definition) is 1. The first-order chi connectivity index (χ1) is 5.26. The highest BCUT2D eigenvalue weighted by Gasteiger charge is 2.49. The molecular weight excluding hydrogens is 140 g/mol. The summed E-state index contributed by atoms with van der Waals surface area (Å²) in [4.78, 5) is 11.2. The largest absolute Gasteiger partial charge is 0.299 e. The smallest absolute Gasteiger partial charge is 0.140 e. The first-order valence-corrected chi connectivity index (χ1v) is 3.76. The maximum absolute atomic E-state index is 11.2. The molecule has 58 valence electrons. The zero-order valence-corrected chi connectivity index (χ0v) is 6.42. The minimum Gasteiger partial charge on any atom is -0.299 e. The van der Waals surface area contributed by atoms with Crippen LogP contribution in [0.2, 0.25) is 0 Å². The van der Waals surface area contributed by atoms with E-state index in [1.165, 1.54) is 0 Å². The van der Waals surface area contributed by atoms with Crippen molar-refractivity contribution in [2.45, 2.75) is 25.2 Å². The van der Waals surface area contributed by atoms with Gasteiger partial charge in [0.15, 0.2) is 0 Å². The third-order valence-electron chi connectivity index (χ3n) is 2.47. The second-order valence-corrected chi connectivity index (χ2v) is 3.13. The molecule has 1 fully saturated rings. The molecule has 0 bridgehead atoms. The van der Waals surface area contributed by atoms with Crippen molar-refractivity contribution in [2.75, 3.05) is 0 Å². The van der Waals surface area contributed by atoms with E-state index in [9.17, 15) is 4.79 Å². The SMILES string of the molecule is CC(=O)C1(c2cn[nH]c2)CC1. The third-order valence-corrected chi connectivity index (χ3v) is 2.47. The minimum atomic E-state index is -0.160. The Morgan fingerprint density at radius 1 is 1.73 bits per heavy atom. The lowest BCUT2D eigenvalue weighted by Crippen LogP contribution is -2.15. The van der Waals surface area contributed by atoms with E-state index in [1.807, 2.05) is 6.20 Å². The Bertz CT molecular complexity index is 272. The average Bonchev–Trinajstić information content (AvgIpc) is 2.61. The van der Waals surface area contributed by atoms with Crippen LogP contribution in [0.3, 0.4) is 0 Å². The Hall–Kier alpha value is -1.12. The van der Waals surface area contributed by atoms with Crippen molar-refractivity contribution in [1.82, 2.24) is 10.2 Å². The van der Waals surface area contributed by atoms with E-state index in [2.05, 4.69) is 10.2 Å². The van der Waals surface area contributed by atoms with Gasteiger partial charge in [0.05, 0.1) is 11.6 Å². The maximum Gasteiger partial charge on any atom is 0.140 e. The molecule has 0 saturated heterocycles. The Morgan fingerprint density at radius 2 is 2.45 bits per heavy atom. The van der Waals surface area contributed by atoms with E-state index in [4.69, 9.17) is 0 Å². The molecule has 3 heteroatoms. The van der Waals surface area contributed by atoms with Crippen LogP contribution in [-0.4, -0.2) is 16.0 Å². The molecule has 0 aliphatic heterocycles. The summed E-state index contributed by atoms with van der Waals surface area (Å²) < 4.78 is 0. The molecule has 0 atom stereocenters. The molecule has 1 aromatic rings. The van der Waals surface area contributed by atoms with Crippen molar-refractivity contribution in [3.8, 4) is 0 Å². The van der Waals surface area contributed by atoms with Gasteiger partial charge in [-0.25, -0.2) is 0 Å². The van der Waals surface area contributed by atoms with Crippen LogP contribution in [0.1, 0.15) is 25.3 Å². The van der Waals surface area contributed by atoms with Crippen LogP contribution in [0.4, 0.5) is 0 Å². The lowest BCUT2D eigenvalue weighted by molar-refractivity contribution is -0.119. The van der Waals surface area contributed by atoms with Gasteiger partial charge in [0, 0.05) is 11.8 Å². The van der Waals surface area contributed by atoms with Crippen molar-refractivity contribution in [2.24, 2.45) is 0 Å². The molecule has 1 aromatic heterocycles. The van der Waals surface area contributed by atoms with Crippen molar-refractivity contribution in [1.29, 1.82) is 0 Å². The molecule has 11 heavy (non-hydrogen) atoms. The summed E-state index contributed by atoms with van der Waals surface area (Å²) in [5.41, 5.74) is 0.887. The number of aromatic nitrogens is 2. The Morgan fingerprint density at radius 3 is 2.82 bits per heavy atom. The van der Waals surface area contributed by atoms with Gasteiger partial charge in [-0.3, -0.25) is 9.89 Å². The summed E-state index contributed by atoms with van der Waals surface area (Å²) in [6, 6.07) is 0. The molecule has 3 nitrogen and oxygen atoms in total. The first kappa shape index (κ1) is 6.58. The monoisotopic (exact) mass is 150 g/mol. The first-order valence-electron chi connectivity index (χ1n) is 3.76. The van der Waals surface area contributed by atoms with Crippen molar-refractivity contribution in [3.05, 3.63) is 18.0 Å². The van der Waals surface area contributed by atoms with Crippen LogP contribution < -0.4 is 0 Å². The number of carbonyl (C=O) groups excluding carboxylic acids is 1. The normalized spacial score (nSPS) is 19.7. The summed E-state index contributed by atoms with van der Waals surface area (Å²) in [5, 5.41) is 6.56. The topological polar surface area (TPSA) is 45.8 Å². The highest BCUT2D eigenvalue weighted by atomic mass is 16.1. The number of nitrogens with zero attached hydrogens (tertiary/aromatic N) is 1. The van der Waals surface area contributed by atoms with Crippen molar-refractivity contribution < 1.29 is 4.79 Å². The summed E-state index contributed by atoms with van der Waals surface area (Å²) in [7, 11) is 0. The van der Waals surface area contributed by atoms with Gasteiger partial charge in [-0.1, -0.05) is 0 Å². The number of aromatic amines is 1. The summed E-state index contributed by atoms with van der Waals surface area (Å²) in [5.74, 6) is 0.263. The van der Waals surface area contributed by atoms with E-state index in [0.717, 1.165) is 18.4 Å². The number of nitrogens with one attached hydrogen (secondary N) is 1. The second-order valence-electron chi connectivity index (χ2n) is 3.13. The van der Waals surface area contributed by atoms with E-state index < -0.39 is 0 Å². The molecule has 1 aliphatic carbocycles. The Labute approximate surface area is 64.8 Å². The van der Waals surface area contributed by atoms with Crippen LogP contribution in [0.25, 0.3) is 0 Å². The number of H-pyrrole nitrogens is 1. The Balaban J connectivity index is 2.36. The predicted molar refractivity (Wildman–Crippen MR) is 40.2 cm³/mol. The van der Waals surface area contributed by atoms with Gasteiger partial charge in [-0.15, -0.1) is 0 Å². The molecule has 2 rings (SSSR count). The molecule has 0 amide bonds. The van der Waals surface area contributed by atoms with Gasteiger partial charge < -0.3 is 0 Å². The van der Waals surface area contributed by atoms with E-state index in [-0.39, 0.29) is 11.2 Å². The summed E-state index contributed by atoms with van der Waals surface area (Å²) >= 11 is 0. The molecule has 0 aromatic carbocycles. The highest BCUT2D eigenvalue weighted by molar-refractivity contribution is 5.90. The molecular formula is C8H10N2O. The molecule has 0 unspecified atom stereocenters. The van der Waals surface area contributed by atoms with Gasteiger partial charge in [0.25, 0.3) is 0 Å². The lowest BCUT2D eigenvalue weighted by Gasteiger charge is -2.05. The van der Waals surface area contributed by atoms with Gasteiger partial charge in [-0.2, -0.15) is 5.10 Å². The third kappa shape index (κ3) is 0.803. The fourth-order valence-corrected chi connectivity index (χ4v) is 1.48. The van der Waals surface area contributed by atoms with Gasteiger partial charge in [0.2, 0.25) is 0 Å². The minimum absolute atomic E-state index is 0.160. The second kappa shape index (κ2) is 1.94. The van der Waals surface area contributed by atoms with E-state index >= 15 is 0 Å². The predicted octanol–water partition coefficient (Wildman–Crippen LogP) is 1.03. The fourth-order valence-electron chi connectivity index (χ4n) is 1.48. The molecule has 0 radical (unpaired) electrons. The quantitative estimate of drug-likeness (QED) is 0.684. The van der Waals surface area contributed by atoms with Crippen LogP contribution in [0.5, 0.6) is 0 Å². The van der Waals surface area contributed by atoms with E-state index in [1.54, 1.807) is 13.1 Å². The highest BCUT2D eigenvalue weighted by Crippen LogP contribution is 2.48. The van der Waals surface area contributed by atoms with Crippen molar-refractivity contribution in [3.63, 3.8) is 0 Å².